The number of carbonyl (C=O) groups is 1. The van der Waals surface area contributed by atoms with Crippen molar-refractivity contribution in [3.63, 3.8) is 0 Å². The maximum Gasteiger partial charge on any atom is 0.220 e. The molecule has 3 atom stereocenters. The summed E-state index contributed by atoms with van der Waals surface area (Å²) in [6.45, 7) is 12.1. The van der Waals surface area contributed by atoms with Crippen LogP contribution in [0.15, 0.2) is 16.1 Å². The second-order valence-electron chi connectivity index (χ2n) is 9.44. The van der Waals surface area contributed by atoms with Gasteiger partial charge in [0, 0.05) is 25.3 Å². The summed E-state index contributed by atoms with van der Waals surface area (Å²) in [5, 5.41) is 8.46. The van der Waals surface area contributed by atoms with Crippen LogP contribution in [0.1, 0.15) is 65.2 Å². The number of piperidine rings is 1. The summed E-state index contributed by atoms with van der Waals surface area (Å²) < 4.78 is 5.85. The van der Waals surface area contributed by atoms with Crippen molar-refractivity contribution in [2.24, 2.45) is 35.3 Å². The van der Waals surface area contributed by atoms with Crippen LogP contribution < -0.4 is 5.73 Å². The highest BCUT2D eigenvalue weighted by Gasteiger charge is 2.34. The van der Waals surface area contributed by atoms with Crippen LogP contribution in [-0.4, -0.2) is 40.6 Å². The third-order valence-corrected chi connectivity index (χ3v) is 6.94. The molecule has 1 fully saturated rings. The van der Waals surface area contributed by atoms with Crippen molar-refractivity contribution in [2.75, 3.05) is 19.6 Å². The smallest absolute Gasteiger partial charge is 0.220 e. The van der Waals surface area contributed by atoms with Crippen LogP contribution in [0.3, 0.4) is 0 Å². The first-order valence-electron chi connectivity index (χ1n) is 11.4. The number of hydrogen-bond donors (Lipinski definition) is 1. The van der Waals surface area contributed by atoms with Gasteiger partial charge in [0.15, 0.2) is 0 Å². The molecule has 1 aliphatic carbocycles. The Labute approximate surface area is 175 Å². The van der Waals surface area contributed by atoms with Gasteiger partial charge in [0.25, 0.3) is 0 Å². The van der Waals surface area contributed by atoms with Crippen LogP contribution in [0.2, 0.25) is 0 Å². The van der Waals surface area contributed by atoms with Crippen molar-refractivity contribution in [3.8, 4) is 0 Å². The Kier molecular flexibility index (Phi) is 7.49. The Balaban J connectivity index is 1.63. The lowest BCUT2D eigenvalue weighted by atomic mass is 9.69. The minimum absolute atomic E-state index is 0.0622. The second kappa shape index (κ2) is 9.88. The van der Waals surface area contributed by atoms with Crippen molar-refractivity contribution in [1.29, 1.82) is 0 Å². The van der Waals surface area contributed by atoms with Gasteiger partial charge in [-0.3, -0.25) is 4.79 Å². The zero-order chi connectivity index (χ0) is 21.0. The first kappa shape index (κ1) is 22.0. The largest absolute Gasteiger partial charge is 0.425 e. The third kappa shape index (κ3) is 5.68. The molecule has 2 heterocycles. The topological polar surface area (TPSA) is 85.3 Å². The molecule has 0 unspecified atom stereocenters. The van der Waals surface area contributed by atoms with Gasteiger partial charge in [-0.15, -0.1) is 10.2 Å². The Morgan fingerprint density at radius 1 is 1.28 bits per heavy atom. The number of hydrogen-bond acceptors (Lipinski definition) is 5. The summed E-state index contributed by atoms with van der Waals surface area (Å²) in [5.74, 6) is 3.79. The molecule has 3 rings (SSSR count). The molecular weight excluding hydrogens is 364 g/mol. The maximum absolute atomic E-state index is 11.4. The van der Waals surface area contributed by atoms with Crippen molar-refractivity contribution >= 4 is 5.91 Å². The molecule has 2 N–H and O–H groups in total. The van der Waals surface area contributed by atoms with Gasteiger partial charge in [-0.05, 0) is 69.4 Å². The second-order valence-corrected chi connectivity index (χ2v) is 9.44. The maximum atomic E-state index is 11.4. The highest BCUT2D eigenvalue weighted by Crippen LogP contribution is 2.39. The van der Waals surface area contributed by atoms with E-state index in [0.717, 1.165) is 63.5 Å². The van der Waals surface area contributed by atoms with Crippen LogP contribution >= 0.6 is 0 Å². The Hall–Kier alpha value is -1.69. The number of aryl methyl sites for hydroxylation is 1. The van der Waals surface area contributed by atoms with Crippen LogP contribution in [-0.2, 0) is 17.6 Å². The average Bonchev–Trinajstić information content (AvgIpc) is 3.11. The highest BCUT2D eigenvalue weighted by molar-refractivity contribution is 5.76. The number of amides is 1. The Bertz CT molecular complexity index is 703. The molecule has 1 aromatic heterocycles. The van der Waals surface area contributed by atoms with Crippen LogP contribution in [0.5, 0.6) is 0 Å². The summed E-state index contributed by atoms with van der Waals surface area (Å²) >= 11 is 0. The molecule has 1 saturated heterocycles. The molecule has 0 radical (unpaired) electrons. The summed E-state index contributed by atoms with van der Waals surface area (Å²) in [6.07, 6.45) is 8.20. The van der Waals surface area contributed by atoms with E-state index in [9.17, 15) is 4.79 Å². The molecule has 0 aromatic carbocycles. The van der Waals surface area contributed by atoms with Crippen LogP contribution in [0.4, 0.5) is 0 Å². The molecule has 1 aliphatic heterocycles. The van der Waals surface area contributed by atoms with Crippen molar-refractivity contribution in [1.82, 2.24) is 15.1 Å². The molecule has 1 amide bonds. The lowest BCUT2D eigenvalue weighted by Gasteiger charge is -2.40. The van der Waals surface area contributed by atoms with Gasteiger partial charge in [-0.25, -0.2) is 0 Å². The van der Waals surface area contributed by atoms with E-state index in [-0.39, 0.29) is 11.8 Å². The lowest BCUT2D eigenvalue weighted by molar-refractivity contribution is -0.123. The number of aromatic nitrogens is 2. The van der Waals surface area contributed by atoms with E-state index in [2.05, 4.69) is 48.9 Å². The predicted octanol–water partition coefficient (Wildman–Crippen LogP) is 3.62. The number of nitrogens with zero attached hydrogens (tertiary/aromatic N) is 3. The Morgan fingerprint density at radius 2 is 1.97 bits per heavy atom. The van der Waals surface area contributed by atoms with Crippen molar-refractivity contribution in [2.45, 2.75) is 66.2 Å². The zero-order valence-corrected chi connectivity index (χ0v) is 18.6. The van der Waals surface area contributed by atoms with E-state index >= 15 is 0 Å². The number of primary amides is 1. The molecule has 6 nitrogen and oxygen atoms in total. The standard InChI is InChI=1S/C23H38N4O2/c1-5-6-21-25-26-22(29-21)13-18-12-20(15(2)3)19(11-16(18)4)14-27-9-7-17(8-10-27)23(24)28/h11,15,17-20H,5-10,12-14H2,1-4H3,(H2,24,28)/t18-,19+,20+/m1/s1. The van der Waals surface area contributed by atoms with Gasteiger partial charge in [-0.2, -0.15) is 0 Å². The summed E-state index contributed by atoms with van der Waals surface area (Å²) in [4.78, 5) is 14.0. The van der Waals surface area contributed by atoms with E-state index in [1.807, 2.05) is 0 Å². The van der Waals surface area contributed by atoms with E-state index < -0.39 is 0 Å². The number of carbonyl (C=O) groups excluding carboxylic acids is 1. The van der Waals surface area contributed by atoms with E-state index in [1.54, 1.807) is 0 Å². The third-order valence-electron chi connectivity index (χ3n) is 6.94. The fourth-order valence-electron chi connectivity index (χ4n) is 5.08. The summed E-state index contributed by atoms with van der Waals surface area (Å²) in [5.41, 5.74) is 6.94. The van der Waals surface area contributed by atoms with Gasteiger partial charge in [0.1, 0.15) is 0 Å². The lowest BCUT2D eigenvalue weighted by Crippen LogP contribution is -2.43. The first-order valence-corrected chi connectivity index (χ1v) is 11.4. The fraction of sp³-hybridized carbons (Fsp3) is 0.783. The molecule has 6 heteroatoms. The number of nitrogens with two attached hydrogens (primary N) is 1. The van der Waals surface area contributed by atoms with Gasteiger partial charge < -0.3 is 15.1 Å². The van der Waals surface area contributed by atoms with E-state index in [4.69, 9.17) is 10.2 Å². The van der Waals surface area contributed by atoms with Gasteiger partial charge in [-0.1, -0.05) is 32.4 Å². The molecule has 0 bridgehead atoms. The first-order chi connectivity index (χ1) is 13.9. The molecule has 29 heavy (non-hydrogen) atoms. The van der Waals surface area contributed by atoms with Crippen molar-refractivity contribution < 1.29 is 9.21 Å². The molecule has 2 aliphatic rings. The van der Waals surface area contributed by atoms with E-state index in [1.165, 1.54) is 12.0 Å². The molecule has 1 aromatic rings. The van der Waals surface area contributed by atoms with Crippen molar-refractivity contribution in [3.05, 3.63) is 23.4 Å². The minimum Gasteiger partial charge on any atom is -0.425 e. The van der Waals surface area contributed by atoms with Crippen LogP contribution in [0.25, 0.3) is 0 Å². The minimum atomic E-state index is -0.135. The Morgan fingerprint density at radius 3 is 2.59 bits per heavy atom. The monoisotopic (exact) mass is 402 g/mol. The highest BCUT2D eigenvalue weighted by atomic mass is 16.4. The summed E-state index contributed by atoms with van der Waals surface area (Å²) in [7, 11) is 0. The molecule has 0 saturated carbocycles. The summed E-state index contributed by atoms with van der Waals surface area (Å²) in [6, 6.07) is 0. The van der Waals surface area contributed by atoms with E-state index in [0.29, 0.717) is 23.7 Å². The van der Waals surface area contributed by atoms with Gasteiger partial charge >= 0.3 is 0 Å². The predicted molar refractivity (Wildman–Crippen MR) is 114 cm³/mol. The quantitative estimate of drug-likeness (QED) is 0.671. The average molecular weight is 403 g/mol. The fourth-order valence-corrected chi connectivity index (χ4v) is 5.08. The van der Waals surface area contributed by atoms with Crippen LogP contribution in [0, 0.1) is 29.6 Å². The molecular formula is C23H38N4O2. The number of allylic oxidation sites excluding steroid dienone is 1. The zero-order valence-electron chi connectivity index (χ0n) is 18.6. The molecule has 162 valence electrons. The van der Waals surface area contributed by atoms with Gasteiger partial charge in [0.05, 0.1) is 0 Å². The number of rotatable bonds is 8. The molecule has 0 spiro atoms. The SMILES string of the molecule is CCCc1nnc(C[C@H]2C[C@@H](C(C)C)[C@H](CN3CCC(C(N)=O)CC3)C=C2C)o1. The van der Waals surface area contributed by atoms with Gasteiger partial charge in [0.2, 0.25) is 17.7 Å². The number of likely N-dealkylation sites (tertiary alicyclic amines) is 1. The normalized spacial score (nSPS) is 26.7.